The van der Waals surface area contributed by atoms with E-state index in [-0.39, 0.29) is 24.0 Å². The van der Waals surface area contributed by atoms with Crippen molar-refractivity contribution >= 4 is 35.6 Å². The van der Waals surface area contributed by atoms with E-state index >= 15 is 0 Å². The van der Waals surface area contributed by atoms with E-state index in [2.05, 4.69) is 41.4 Å². The molecular weight excluding hydrogens is 391 g/mol. The van der Waals surface area contributed by atoms with Crippen molar-refractivity contribution in [3.05, 3.63) is 46.3 Å². The summed E-state index contributed by atoms with van der Waals surface area (Å²) in [4.78, 5) is 4.34. The van der Waals surface area contributed by atoms with Gasteiger partial charge < -0.3 is 15.6 Å². The van der Waals surface area contributed by atoms with Gasteiger partial charge in [0.2, 0.25) is 0 Å². The maximum Gasteiger partial charge on any atom is 0.193 e. The summed E-state index contributed by atoms with van der Waals surface area (Å²) in [6.45, 7) is 8.61. The van der Waals surface area contributed by atoms with Gasteiger partial charge in [0.05, 0.1) is 5.69 Å². The number of nitrogens with two attached hydrogens (primary N) is 1. The molecule has 0 amide bonds. The van der Waals surface area contributed by atoms with Gasteiger partial charge in [0, 0.05) is 17.8 Å². The molecule has 0 atom stereocenters. The van der Waals surface area contributed by atoms with Crippen LogP contribution in [0.4, 0.5) is 5.69 Å². The van der Waals surface area contributed by atoms with Gasteiger partial charge in [0.1, 0.15) is 5.76 Å². The first-order valence-corrected chi connectivity index (χ1v) is 7.03. The molecule has 0 bridgehead atoms. The fourth-order valence-electron chi connectivity index (χ4n) is 2.15. The van der Waals surface area contributed by atoms with E-state index in [0.717, 1.165) is 29.1 Å². The molecule has 0 unspecified atom stereocenters. The Morgan fingerprint density at radius 2 is 1.95 bits per heavy atom. The van der Waals surface area contributed by atoms with Crippen LogP contribution < -0.4 is 11.1 Å². The molecule has 3 N–H and O–H groups in total. The summed E-state index contributed by atoms with van der Waals surface area (Å²) in [7, 11) is 0. The first-order chi connectivity index (χ1) is 9.97. The average Bonchev–Trinajstić information content (AvgIpc) is 2.74. The van der Waals surface area contributed by atoms with Crippen molar-refractivity contribution in [2.24, 2.45) is 10.7 Å². The molecule has 5 nitrogen and oxygen atoms in total. The molecule has 0 fully saturated rings. The number of nitrogens with zero attached hydrogens (tertiary/aromatic N) is 2. The Balaban J connectivity index is 0.00000242. The molecule has 1 aromatic heterocycles. The van der Waals surface area contributed by atoms with E-state index in [4.69, 9.17) is 10.3 Å². The third kappa shape index (κ3) is 4.72. The second-order valence-corrected chi connectivity index (χ2v) is 5.24. The van der Waals surface area contributed by atoms with Gasteiger partial charge in [0.25, 0.3) is 0 Å². The third-order valence-corrected chi connectivity index (χ3v) is 3.60. The molecule has 0 aliphatic carbocycles. The molecule has 1 aromatic carbocycles. The summed E-state index contributed by atoms with van der Waals surface area (Å²) in [5.74, 6) is 1.27. The molecule has 0 spiro atoms. The lowest BCUT2D eigenvalue weighted by Gasteiger charge is -2.08. The predicted octanol–water partition coefficient (Wildman–Crippen LogP) is 3.50. The number of nitrogens with one attached hydrogen (secondary N) is 1. The lowest BCUT2D eigenvalue weighted by atomic mass is 10.1. The Labute approximate surface area is 148 Å². The Hall–Kier alpha value is -1.57. The lowest BCUT2D eigenvalue weighted by molar-refractivity contribution is 0.392. The summed E-state index contributed by atoms with van der Waals surface area (Å²) in [5.41, 5.74) is 11.4. The Bertz CT molecular complexity index is 645. The first kappa shape index (κ1) is 18.5. The predicted molar refractivity (Wildman–Crippen MR) is 101 cm³/mol. The van der Waals surface area contributed by atoms with Gasteiger partial charge in [0.15, 0.2) is 5.96 Å². The molecule has 0 radical (unpaired) electrons. The number of hydrogen-bond donors (Lipinski definition) is 2. The van der Waals surface area contributed by atoms with Crippen LogP contribution >= 0.6 is 24.0 Å². The Kier molecular flexibility index (Phi) is 6.86. The van der Waals surface area contributed by atoms with E-state index in [0.29, 0.717) is 12.5 Å². The minimum absolute atomic E-state index is 0. The van der Waals surface area contributed by atoms with Gasteiger partial charge in [-0.15, -0.1) is 24.0 Å². The molecule has 0 aliphatic rings. The molecule has 22 heavy (non-hydrogen) atoms. The van der Waals surface area contributed by atoms with Gasteiger partial charge in [-0.3, -0.25) is 4.99 Å². The van der Waals surface area contributed by atoms with Crippen LogP contribution in [0.2, 0.25) is 0 Å². The van der Waals surface area contributed by atoms with Crippen LogP contribution in [0.5, 0.6) is 0 Å². The average molecular weight is 414 g/mol. The highest BCUT2D eigenvalue weighted by atomic mass is 127. The van der Waals surface area contributed by atoms with Crippen molar-refractivity contribution in [1.82, 2.24) is 5.16 Å². The van der Waals surface area contributed by atoms with E-state index in [1.807, 2.05) is 19.9 Å². The van der Waals surface area contributed by atoms with Gasteiger partial charge in [-0.25, -0.2) is 0 Å². The molecule has 0 saturated carbocycles. The number of guanidine groups is 1. The summed E-state index contributed by atoms with van der Waals surface area (Å²) < 4.78 is 5.13. The minimum atomic E-state index is 0. The van der Waals surface area contributed by atoms with Crippen molar-refractivity contribution in [2.45, 2.75) is 34.1 Å². The minimum Gasteiger partial charge on any atom is -0.370 e. The largest absolute Gasteiger partial charge is 0.370 e. The van der Waals surface area contributed by atoms with Crippen LogP contribution in [0.15, 0.2) is 27.7 Å². The smallest absolute Gasteiger partial charge is 0.193 e. The number of benzene rings is 1. The molecular formula is C16H23IN4O. The highest BCUT2D eigenvalue weighted by Crippen LogP contribution is 2.14. The monoisotopic (exact) mass is 414 g/mol. The molecule has 6 heteroatoms. The number of anilines is 1. The van der Waals surface area contributed by atoms with E-state index < -0.39 is 0 Å². The second kappa shape index (κ2) is 8.17. The van der Waals surface area contributed by atoms with Gasteiger partial charge in [-0.2, -0.15) is 0 Å². The quantitative estimate of drug-likeness (QED) is 0.456. The van der Waals surface area contributed by atoms with Crippen LogP contribution in [0.1, 0.15) is 28.1 Å². The zero-order valence-electron chi connectivity index (χ0n) is 13.4. The SMILES string of the molecule is Cc1ccc(NC(N)=NCCc2c(C)noc2C)cc1C.I. The number of hydrogen-bond acceptors (Lipinski definition) is 3. The van der Waals surface area contributed by atoms with Crippen LogP contribution in [0.25, 0.3) is 0 Å². The summed E-state index contributed by atoms with van der Waals surface area (Å²) >= 11 is 0. The zero-order valence-corrected chi connectivity index (χ0v) is 15.8. The van der Waals surface area contributed by atoms with Crippen molar-refractivity contribution in [1.29, 1.82) is 0 Å². The van der Waals surface area contributed by atoms with E-state index in [1.165, 1.54) is 11.1 Å². The number of aryl methyl sites for hydroxylation is 4. The first-order valence-electron chi connectivity index (χ1n) is 7.03. The van der Waals surface area contributed by atoms with Gasteiger partial charge in [-0.1, -0.05) is 11.2 Å². The van der Waals surface area contributed by atoms with Crippen LogP contribution in [0, 0.1) is 27.7 Å². The molecule has 120 valence electrons. The number of aromatic nitrogens is 1. The zero-order chi connectivity index (χ0) is 15.4. The Morgan fingerprint density at radius 1 is 1.23 bits per heavy atom. The van der Waals surface area contributed by atoms with Crippen molar-refractivity contribution in [3.63, 3.8) is 0 Å². The normalized spacial score (nSPS) is 11.2. The molecule has 1 heterocycles. The number of aliphatic imine (C=N–C) groups is 1. The van der Waals surface area contributed by atoms with Crippen LogP contribution in [0.3, 0.4) is 0 Å². The Morgan fingerprint density at radius 3 is 2.55 bits per heavy atom. The van der Waals surface area contributed by atoms with Crippen LogP contribution in [-0.2, 0) is 6.42 Å². The van der Waals surface area contributed by atoms with Crippen LogP contribution in [-0.4, -0.2) is 17.7 Å². The molecule has 0 aliphatic heterocycles. The second-order valence-electron chi connectivity index (χ2n) is 5.24. The maximum atomic E-state index is 5.91. The summed E-state index contributed by atoms with van der Waals surface area (Å²) in [6.07, 6.45) is 0.774. The number of rotatable bonds is 4. The molecule has 0 saturated heterocycles. The van der Waals surface area contributed by atoms with Gasteiger partial charge in [-0.05, 0) is 57.4 Å². The topological polar surface area (TPSA) is 76.4 Å². The van der Waals surface area contributed by atoms with Gasteiger partial charge >= 0.3 is 0 Å². The van der Waals surface area contributed by atoms with Crippen molar-refractivity contribution < 1.29 is 4.52 Å². The highest BCUT2D eigenvalue weighted by Gasteiger charge is 2.07. The molecule has 2 rings (SSSR count). The summed E-state index contributed by atoms with van der Waals surface area (Å²) in [6, 6.07) is 6.12. The van der Waals surface area contributed by atoms with E-state index in [9.17, 15) is 0 Å². The standard InChI is InChI=1S/C16H22N4O.HI/c1-10-5-6-14(9-11(10)2)19-16(17)18-8-7-15-12(3)20-21-13(15)4;/h5-6,9H,7-8H2,1-4H3,(H3,17,18,19);1H. The van der Waals surface area contributed by atoms with Crippen molar-refractivity contribution in [2.75, 3.05) is 11.9 Å². The molecule has 2 aromatic rings. The third-order valence-electron chi connectivity index (χ3n) is 3.60. The van der Waals surface area contributed by atoms with Crippen molar-refractivity contribution in [3.8, 4) is 0 Å². The summed E-state index contributed by atoms with van der Waals surface area (Å²) in [5, 5.41) is 7.04. The fraction of sp³-hybridized carbons (Fsp3) is 0.375. The lowest BCUT2D eigenvalue weighted by Crippen LogP contribution is -2.23. The fourth-order valence-corrected chi connectivity index (χ4v) is 2.15. The highest BCUT2D eigenvalue weighted by molar-refractivity contribution is 14.0. The number of halogens is 1. The maximum absolute atomic E-state index is 5.91. The van der Waals surface area contributed by atoms with E-state index in [1.54, 1.807) is 0 Å².